The number of hydrogen-bond donors (Lipinski definition) is 3. The van der Waals surface area contributed by atoms with Crippen LogP contribution in [0.5, 0.6) is 0 Å². The van der Waals surface area contributed by atoms with Crippen molar-refractivity contribution in [3.8, 4) is 0 Å². The van der Waals surface area contributed by atoms with E-state index >= 15 is 0 Å². The van der Waals surface area contributed by atoms with Crippen LogP contribution in [0, 0.1) is 0 Å². The lowest BCUT2D eigenvalue weighted by Gasteiger charge is -2.28. The molecule has 0 unspecified atom stereocenters. The minimum atomic E-state index is -3.61. The molecule has 1 heterocycles. The fraction of sp³-hybridized carbons (Fsp3) is 0.300. The van der Waals surface area contributed by atoms with E-state index in [1.165, 1.54) is 12.1 Å². The van der Waals surface area contributed by atoms with E-state index in [9.17, 15) is 18.0 Å². The average Bonchev–Trinajstić information content (AvgIpc) is 2.73. The molecule has 2 aromatic carbocycles. The number of nitrogens with zero attached hydrogens (tertiary/aromatic N) is 1. The summed E-state index contributed by atoms with van der Waals surface area (Å²) in [4.78, 5) is 25.6. The summed E-state index contributed by atoms with van der Waals surface area (Å²) < 4.78 is 26.6. The van der Waals surface area contributed by atoms with E-state index in [1.807, 2.05) is 29.2 Å². The second kappa shape index (κ2) is 9.53. The van der Waals surface area contributed by atoms with E-state index in [1.54, 1.807) is 18.2 Å². The number of amides is 2. The maximum absolute atomic E-state index is 12.1. The summed E-state index contributed by atoms with van der Waals surface area (Å²) in [6, 6.07) is 15.7. The summed E-state index contributed by atoms with van der Waals surface area (Å²) in [6.07, 6.45) is 0.0486. The topological polar surface area (TPSA) is 108 Å². The molecule has 0 atom stereocenters. The summed E-state index contributed by atoms with van der Waals surface area (Å²) in [5.74, 6) is -0.229. The fourth-order valence-corrected chi connectivity index (χ4v) is 4.01. The predicted octanol–water partition coefficient (Wildman–Crippen LogP) is 0.608. The van der Waals surface area contributed by atoms with Gasteiger partial charge < -0.3 is 15.5 Å². The van der Waals surface area contributed by atoms with Gasteiger partial charge >= 0.3 is 0 Å². The third-order valence-electron chi connectivity index (χ3n) is 4.53. The number of carbonyl (C=O) groups excluding carboxylic acids is 2. The molecule has 0 spiro atoms. The Labute approximate surface area is 170 Å². The van der Waals surface area contributed by atoms with Gasteiger partial charge in [-0.05, 0) is 29.8 Å². The van der Waals surface area contributed by atoms with Gasteiger partial charge in [-0.3, -0.25) is 9.59 Å². The van der Waals surface area contributed by atoms with E-state index in [-0.39, 0.29) is 29.7 Å². The van der Waals surface area contributed by atoms with Crippen LogP contribution in [0.15, 0.2) is 59.5 Å². The normalized spacial score (nSPS) is 14.3. The third-order valence-corrected chi connectivity index (χ3v) is 6.00. The summed E-state index contributed by atoms with van der Waals surface area (Å²) in [5.41, 5.74) is 1.89. The SMILES string of the molecule is O=C(CCNS(=O)(=O)c1ccccc1)NCc1ccc(N2CCNC(=O)C2)cc1. The monoisotopic (exact) mass is 416 g/mol. The van der Waals surface area contributed by atoms with Gasteiger partial charge in [0, 0.05) is 38.3 Å². The lowest BCUT2D eigenvalue weighted by atomic mass is 10.2. The van der Waals surface area contributed by atoms with Crippen LogP contribution in [-0.4, -0.2) is 46.4 Å². The largest absolute Gasteiger partial charge is 0.360 e. The van der Waals surface area contributed by atoms with Gasteiger partial charge in [0.2, 0.25) is 21.8 Å². The predicted molar refractivity (Wildman–Crippen MR) is 110 cm³/mol. The van der Waals surface area contributed by atoms with Crippen LogP contribution in [-0.2, 0) is 26.2 Å². The van der Waals surface area contributed by atoms with Gasteiger partial charge in [-0.15, -0.1) is 0 Å². The van der Waals surface area contributed by atoms with Gasteiger partial charge in [0.25, 0.3) is 0 Å². The van der Waals surface area contributed by atoms with Crippen molar-refractivity contribution >= 4 is 27.5 Å². The van der Waals surface area contributed by atoms with Crippen LogP contribution in [0.4, 0.5) is 5.69 Å². The molecule has 3 rings (SSSR count). The molecule has 0 saturated carbocycles. The van der Waals surface area contributed by atoms with Crippen molar-refractivity contribution in [3.63, 3.8) is 0 Å². The number of piperazine rings is 1. The number of anilines is 1. The van der Waals surface area contributed by atoms with Crippen LogP contribution in [0.25, 0.3) is 0 Å². The number of benzene rings is 2. The summed E-state index contributed by atoms with van der Waals surface area (Å²) in [7, 11) is -3.61. The Balaban J connectivity index is 1.42. The molecule has 2 aromatic rings. The molecule has 0 radical (unpaired) electrons. The number of carbonyl (C=O) groups is 2. The number of hydrogen-bond acceptors (Lipinski definition) is 5. The highest BCUT2D eigenvalue weighted by molar-refractivity contribution is 7.89. The maximum Gasteiger partial charge on any atom is 0.240 e. The minimum absolute atomic E-state index is 0.00970. The van der Waals surface area contributed by atoms with Gasteiger partial charge in [0.1, 0.15) is 0 Å². The highest BCUT2D eigenvalue weighted by atomic mass is 32.2. The number of rotatable bonds is 8. The number of nitrogens with one attached hydrogen (secondary N) is 3. The molecule has 3 N–H and O–H groups in total. The molecular weight excluding hydrogens is 392 g/mol. The van der Waals surface area contributed by atoms with Crippen molar-refractivity contribution in [1.29, 1.82) is 0 Å². The van der Waals surface area contributed by atoms with Crippen LogP contribution in [0.2, 0.25) is 0 Å². The van der Waals surface area contributed by atoms with E-state index < -0.39 is 10.0 Å². The van der Waals surface area contributed by atoms with Crippen molar-refractivity contribution in [2.24, 2.45) is 0 Å². The van der Waals surface area contributed by atoms with Crippen LogP contribution in [0.1, 0.15) is 12.0 Å². The molecule has 1 aliphatic heterocycles. The smallest absolute Gasteiger partial charge is 0.240 e. The van der Waals surface area contributed by atoms with E-state index in [0.717, 1.165) is 17.8 Å². The van der Waals surface area contributed by atoms with Gasteiger partial charge in [-0.25, -0.2) is 13.1 Å². The lowest BCUT2D eigenvalue weighted by Crippen LogP contribution is -2.47. The molecule has 8 nitrogen and oxygen atoms in total. The van der Waals surface area contributed by atoms with E-state index in [2.05, 4.69) is 15.4 Å². The van der Waals surface area contributed by atoms with Crippen molar-refractivity contribution in [2.75, 3.05) is 31.1 Å². The Morgan fingerprint density at radius 1 is 1.07 bits per heavy atom. The standard InChI is InChI=1S/C20H24N4O4S/c25-19(10-11-23-29(27,28)18-4-2-1-3-5-18)22-14-16-6-8-17(9-7-16)24-13-12-21-20(26)15-24/h1-9,23H,10-15H2,(H,21,26)(H,22,25). The van der Waals surface area contributed by atoms with Crippen molar-refractivity contribution in [1.82, 2.24) is 15.4 Å². The van der Waals surface area contributed by atoms with E-state index in [4.69, 9.17) is 0 Å². The quantitative estimate of drug-likeness (QED) is 0.584. The minimum Gasteiger partial charge on any atom is -0.360 e. The molecule has 1 fully saturated rings. The average molecular weight is 417 g/mol. The van der Waals surface area contributed by atoms with Crippen molar-refractivity contribution in [3.05, 3.63) is 60.2 Å². The molecule has 0 aliphatic carbocycles. The Hall–Kier alpha value is -2.91. The molecular formula is C20H24N4O4S. The molecule has 2 amide bonds. The molecule has 9 heteroatoms. The molecule has 1 saturated heterocycles. The Morgan fingerprint density at radius 3 is 2.48 bits per heavy atom. The molecule has 29 heavy (non-hydrogen) atoms. The Kier molecular flexibility index (Phi) is 6.84. The van der Waals surface area contributed by atoms with E-state index in [0.29, 0.717) is 19.6 Å². The first-order valence-electron chi connectivity index (χ1n) is 9.36. The van der Waals surface area contributed by atoms with Crippen molar-refractivity contribution < 1.29 is 18.0 Å². The zero-order valence-electron chi connectivity index (χ0n) is 15.9. The van der Waals surface area contributed by atoms with Gasteiger partial charge in [0.15, 0.2) is 0 Å². The van der Waals surface area contributed by atoms with Crippen LogP contribution < -0.4 is 20.3 Å². The molecule has 0 bridgehead atoms. The third kappa shape index (κ3) is 6.03. The Bertz CT molecular complexity index is 946. The second-order valence-corrected chi connectivity index (χ2v) is 8.44. The fourth-order valence-electron chi connectivity index (χ4n) is 2.95. The maximum atomic E-state index is 12.1. The highest BCUT2D eigenvalue weighted by Gasteiger charge is 2.16. The molecule has 154 valence electrons. The van der Waals surface area contributed by atoms with Crippen LogP contribution in [0.3, 0.4) is 0 Å². The summed E-state index contributed by atoms with van der Waals surface area (Å²) in [5, 5.41) is 5.57. The first-order valence-corrected chi connectivity index (χ1v) is 10.8. The summed E-state index contributed by atoms with van der Waals surface area (Å²) >= 11 is 0. The molecule has 0 aromatic heterocycles. The lowest BCUT2D eigenvalue weighted by molar-refractivity contribution is -0.121. The first-order chi connectivity index (χ1) is 13.9. The second-order valence-electron chi connectivity index (χ2n) is 6.68. The van der Waals surface area contributed by atoms with Crippen LogP contribution >= 0.6 is 0 Å². The van der Waals surface area contributed by atoms with Gasteiger partial charge in [-0.1, -0.05) is 30.3 Å². The van der Waals surface area contributed by atoms with Gasteiger partial charge in [-0.2, -0.15) is 0 Å². The summed E-state index contributed by atoms with van der Waals surface area (Å²) in [6.45, 7) is 2.12. The number of sulfonamides is 1. The van der Waals surface area contributed by atoms with Gasteiger partial charge in [0.05, 0.1) is 11.4 Å². The zero-order valence-corrected chi connectivity index (χ0v) is 16.7. The zero-order chi connectivity index (χ0) is 20.7. The first kappa shape index (κ1) is 20.8. The van der Waals surface area contributed by atoms with Crippen molar-refractivity contribution in [2.45, 2.75) is 17.9 Å². The Morgan fingerprint density at radius 2 is 1.79 bits per heavy atom. The highest BCUT2D eigenvalue weighted by Crippen LogP contribution is 2.16. The molecule has 1 aliphatic rings.